The third-order valence-corrected chi connectivity index (χ3v) is 13.0. The lowest BCUT2D eigenvalue weighted by molar-refractivity contribution is -0.170. The van der Waals surface area contributed by atoms with Crippen LogP contribution in [0.15, 0.2) is 23.3 Å². The van der Waals surface area contributed by atoms with E-state index in [2.05, 4.69) is 46.0 Å². The Morgan fingerprint density at radius 2 is 1.72 bits per heavy atom. The first-order valence-corrected chi connectivity index (χ1v) is 15.3. The van der Waals surface area contributed by atoms with Crippen molar-refractivity contribution >= 4 is 11.6 Å². The number of ketones is 2. The molecule has 5 rings (SSSR count). The summed E-state index contributed by atoms with van der Waals surface area (Å²) < 4.78 is 5.31. The number of methoxy groups -OCH3 is 1. The molecule has 0 heterocycles. The van der Waals surface area contributed by atoms with Crippen LogP contribution in [0.25, 0.3) is 0 Å². The molecule has 3 saturated carbocycles. The molecular formula is C34H50N2O3. The van der Waals surface area contributed by atoms with Gasteiger partial charge in [0.15, 0.2) is 11.6 Å². The Kier molecular flexibility index (Phi) is 6.72. The van der Waals surface area contributed by atoms with Gasteiger partial charge in [-0.1, -0.05) is 60.1 Å². The van der Waals surface area contributed by atoms with Gasteiger partial charge in [0, 0.05) is 36.9 Å². The number of allylic oxidation sites excluding steroid dienone is 4. The van der Waals surface area contributed by atoms with Crippen molar-refractivity contribution in [2.45, 2.75) is 93.4 Å². The van der Waals surface area contributed by atoms with E-state index < -0.39 is 10.8 Å². The van der Waals surface area contributed by atoms with Crippen molar-refractivity contribution in [3.8, 4) is 6.07 Å². The summed E-state index contributed by atoms with van der Waals surface area (Å²) in [6.45, 7) is 18.3. The number of nitrogens with zero attached hydrogens (tertiary/aromatic N) is 1. The molecule has 0 amide bonds. The quantitative estimate of drug-likeness (QED) is 0.411. The minimum atomic E-state index is -0.624. The molecule has 0 unspecified atom stereocenters. The van der Waals surface area contributed by atoms with Gasteiger partial charge < -0.3 is 10.1 Å². The van der Waals surface area contributed by atoms with E-state index in [4.69, 9.17) is 4.74 Å². The second kappa shape index (κ2) is 9.12. The molecule has 0 aliphatic heterocycles. The van der Waals surface area contributed by atoms with Crippen molar-refractivity contribution in [1.82, 2.24) is 5.32 Å². The van der Waals surface area contributed by atoms with Gasteiger partial charge in [0.1, 0.15) is 6.07 Å². The molecule has 0 aromatic heterocycles. The monoisotopic (exact) mass is 534 g/mol. The minimum Gasteiger partial charge on any atom is -0.383 e. The highest BCUT2D eigenvalue weighted by Crippen LogP contribution is 2.74. The molecular weight excluding hydrogens is 484 g/mol. The molecule has 5 aliphatic carbocycles. The van der Waals surface area contributed by atoms with Crippen LogP contribution in [0.3, 0.4) is 0 Å². The van der Waals surface area contributed by atoms with E-state index in [9.17, 15) is 14.9 Å². The van der Waals surface area contributed by atoms with Gasteiger partial charge in [-0.05, 0) is 84.5 Å². The van der Waals surface area contributed by atoms with E-state index >= 15 is 0 Å². The molecule has 214 valence electrons. The van der Waals surface area contributed by atoms with Gasteiger partial charge in [0.25, 0.3) is 0 Å². The van der Waals surface area contributed by atoms with Crippen molar-refractivity contribution in [3.05, 3.63) is 23.3 Å². The minimum absolute atomic E-state index is 0.00148. The van der Waals surface area contributed by atoms with Gasteiger partial charge in [-0.15, -0.1) is 0 Å². The summed E-state index contributed by atoms with van der Waals surface area (Å²) in [5.41, 5.74) is 0.420. The van der Waals surface area contributed by atoms with Crippen molar-refractivity contribution in [2.75, 3.05) is 26.8 Å². The standard InChI is InChI=1S/C34H50N2O3/c1-29(2)11-13-34(21-36-15-16-39-8)14-12-33(7)27(23(34)19-29)24(37)17-26-31(5)18-22(20-35)28(38)30(3,4)25(31)9-10-32(26,33)6/h17-18,23,25,27,36H,9-16,19,21H2,1-8H3/t23-,25-,27-,31-,32+,33+,34+/m0/s1. The van der Waals surface area contributed by atoms with E-state index in [1.54, 1.807) is 7.11 Å². The highest BCUT2D eigenvalue weighted by atomic mass is 16.5. The van der Waals surface area contributed by atoms with E-state index in [1.165, 1.54) is 18.4 Å². The van der Waals surface area contributed by atoms with Gasteiger partial charge in [0.2, 0.25) is 0 Å². The zero-order valence-electron chi connectivity index (χ0n) is 25.6. The molecule has 5 heteroatoms. The number of ether oxygens (including phenoxy) is 1. The fourth-order valence-corrected chi connectivity index (χ4v) is 10.6. The zero-order chi connectivity index (χ0) is 28.6. The highest BCUT2D eigenvalue weighted by Gasteiger charge is 2.69. The SMILES string of the molecule is COCCNC[C@]12CCC(C)(C)C[C@H]1[C@H]1C(=O)C=C3[C@@]4(C)C=C(C#N)C(=O)C(C)(C)[C@@H]4CC[C@@]3(C)[C@]1(C)CC2. The van der Waals surface area contributed by atoms with Crippen LogP contribution in [-0.4, -0.2) is 38.4 Å². The number of rotatable bonds is 5. The molecule has 5 nitrogen and oxygen atoms in total. The van der Waals surface area contributed by atoms with Crippen LogP contribution in [0.2, 0.25) is 0 Å². The highest BCUT2D eigenvalue weighted by molar-refractivity contribution is 6.04. The Bertz CT molecular complexity index is 1170. The Labute approximate surface area is 236 Å². The van der Waals surface area contributed by atoms with E-state index in [0.29, 0.717) is 12.5 Å². The van der Waals surface area contributed by atoms with Crippen molar-refractivity contribution < 1.29 is 14.3 Å². The van der Waals surface area contributed by atoms with Gasteiger partial charge in [-0.25, -0.2) is 0 Å². The number of nitriles is 1. The number of carbonyl (C=O) groups is 2. The Morgan fingerprint density at radius 1 is 1.03 bits per heavy atom. The third-order valence-electron chi connectivity index (χ3n) is 13.0. The number of hydrogen-bond acceptors (Lipinski definition) is 5. The number of carbonyl (C=O) groups excluding carboxylic acids is 2. The summed E-state index contributed by atoms with van der Waals surface area (Å²) in [5.74, 6) is 0.676. The molecule has 0 saturated heterocycles. The average molecular weight is 535 g/mol. The third kappa shape index (κ3) is 3.91. The smallest absolute Gasteiger partial charge is 0.178 e. The van der Waals surface area contributed by atoms with Crippen molar-refractivity contribution in [2.24, 2.45) is 50.2 Å². The lowest BCUT2D eigenvalue weighted by Crippen LogP contribution is -2.65. The molecule has 0 aromatic rings. The Hall–Kier alpha value is -1.77. The summed E-state index contributed by atoms with van der Waals surface area (Å²) in [6, 6.07) is 2.22. The predicted molar refractivity (Wildman–Crippen MR) is 154 cm³/mol. The summed E-state index contributed by atoms with van der Waals surface area (Å²) in [6.07, 6.45) is 11.5. The van der Waals surface area contributed by atoms with Gasteiger partial charge in [-0.2, -0.15) is 5.26 Å². The first-order valence-electron chi connectivity index (χ1n) is 15.3. The van der Waals surface area contributed by atoms with Crippen LogP contribution in [0.5, 0.6) is 0 Å². The topological polar surface area (TPSA) is 79.2 Å². The van der Waals surface area contributed by atoms with E-state index in [-0.39, 0.29) is 50.6 Å². The lowest BCUT2D eigenvalue weighted by Gasteiger charge is -2.69. The first kappa shape index (κ1) is 28.7. The summed E-state index contributed by atoms with van der Waals surface area (Å²) in [7, 11) is 1.75. The fourth-order valence-electron chi connectivity index (χ4n) is 10.6. The summed E-state index contributed by atoms with van der Waals surface area (Å²) >= 11 is 0. The average Bonchev–Trinajstić information content (AvgIpc) is 2.86. The van der Waals surface area contributed by atoms with Crippen LogP contribution in [0.1, 0.15) is 93.4 Å². The Balaban J connectivity index is 1.62. The van der Waals surface area contributed by atoms with E-state index in [0.717, 1.165) is 45.2 Å². The number of nitrogens with one attached hydrogen (secondary N) is 1. The maximum Gasteiger partial charge on any atom is 0.178 e. The van der Waals surface area contributed by atoms with Gasteiger partial charge >= 0.3 is 0 Å². The molecule has 0 radical (unpaired) electrons. The number of fused-ring (bicyclic) bond motifs is 7. The molecule has 7 atom stereocenters. The second-order valence-corrected chi connectivity index (χ2v) is 15.8. The molecule has 0 aromatic carbocycles. The lowest BCUT2D eigenvalue weighted by atomic mass is 9.34. The fraction of sp³-hybridized carbons (Fsp3) is 0.794. The van der Waals surface area contributed by atoms with Crippen molar-refractivity contribution in [3.63, 3.8) is 0 Å². The maximum atomic E-state index is 14.5. The molecule has 5 aliphatic rings. The van der Waals surface area contributed by atoms with Crippen LogP contribution < -0.4 is 5.32 Å². The van der Waals surface area contributed by atoms with Crippen LogP contribution in [0, 0.1) is 61.6 Å². The molecule has 1 N–H and O–H groups in total. The molecule has 39 heavy (non-hydrogen) atoms. The molecule has 0 spiro atoms. The van der Waals surface area contributed by atoms with Gasteiger partial charge in [0.05, 0.1) is 12.2 Å². The normalized spacial score (nSPS) is 44.1. The molecule has 3 fully saturated rings. The van der Waals surface area contributed by atoms with Gasteiger partial charge in [-0.3, -0.25) is 9.59 Å². The van der Waals surface area contributed by atoms with E-state index in [1.807, 2.05) is 26.0 Å². The first-order chi connectivity index (χ1) is 18.1. The number of Topliss-reactive ketones (excluding diaryl/α,β-unsaturated/α-hetero) is 1. The second-order valence-electron chi connectivity index (χ2n) is 15.8. The van der Waals surface area contributed by atoms with Crippen LogP contribution in [-0.2, 0) is 14.3 Å². The maximum absolute atomic E-state index is 14.5. The summed E-state index contributed by atoms with van der Waals surface area (Å²) in [4.78, 5) is 27.8. The van der Waals surface area contributed by atoms with Crippen molar-refractivity contribution in [1.29, 1.82) is 5.26 Å². The number of hydrogen-bond donors (Lipinski definition) is 1. The van der Waals surface area contributed by atoms with Crippen LogP contribution in [0.4, 0.5) is 0 Å². The molecule has 0 bridgehead atoms. The predicted octanol–water partition coefficient (Wildman–Crippen LogP) is 6.44. The summed E-state index contributed by atoms with van der Waals surface area (Å²) in [5, 5.41) is 13.6. The van der Waals surface area contributed by atoms with Crippen LogP contribution >= 0.6 is 0 Å². The Morgan fingerprint density at radius 3 is 2.38 bits per heavy atom. The largest absolute Gasteiger partial charge is 0.383 e. The zero-order valence-corrected chi connectivity index (χ0v) is 25.6.